The number of benzene rings is 1. The standard InChI is InChI=1S/C18H20FN3O/c1-14(23)16-4-5-18(17(19)11-16)22-9-7-21(8-10-22)13-15-3-2-6-20-12-15/h2-6,11-12H,7-10,13H2,1H3. The summed E-state index contributed by atoms with van der Waals surface area (Å²) in [5, 5.41) is 0. The summed E-state index contributed by atoms with van der Waals surface area (Å²) in [6, 6.07) is 8.75. The Hall–Kier alpha value is -2.27. The molecule has 5 heteroatoms. The Morgan fingerprint density at radius 2 is 2.00 bits per heavy atom. The van der Waals surface area contributed by atoms with Crippen molar-refractivity contribution in [2.24, 2.45) is 0 Å². The van der Waals surface area contributed by atoms with Gasteiger partial charge in [-0.25, -0.2) is 4.39 Å². The molecule has 0 amide bonds. The van der Waals surface area contributed by atoms with E-state index >= 15 is 0 Å². The van der Waals surface area contributed by atoms with Crippen LogP contribution in [0.25, 0.3) is 0 Å². The Balaban J connectivity index is 1.62. The summed E-state index contributed by atoms with van der Waals surface area (Å²) >= 11 is 0. The molecule has 0 unspecified atom stereocenters. The molecule has 0 saturated carbocycles. The van der Waals surface area contributed by atoms with Gasteiger partial charge in [0.2, 0.25) is 0 Å². The lowest BCUT2D eigenvalue weighted by molar-refractivity contribution is 0.101. The first-order chi connectivity index (χ1) is 11.1. The first kappa shape index (κ1) is 15.6. The van der Waals surface area contributed by atoms with Crippen LogP contribution in [-0.4, -0.2) is 41.8 Å². The van der Waals surface area contributed by atoms with E-state index < -0.39 is 0 Å². The predicted molar refractivity (Wildman–Crippen MR) is 88.1 cm³/mol. The third-order valence-corrected chi connectivity index (χ3v) is 4.20. The molecule has 4 nitrogen and oxygen atoms in total. The number of pyridine rings is 1. The minimum atomic E-state index is -0.321. The largest absolute Gasteiger partial charge is 0.367 e. The van der Waals surface area contributed by atoms with Crippen molar-refractivity contribution >= 4 is 11.5 Å². The van der Waals surface area contributed by atoms with Crippen LogP contribution in [0.3, 0.4) is 0 Å². The van der Waals surface area contributed by atoms with Gasteiger partial charge in [0, 0.05) is 50.7 Å². The van der Waals surface area contributed by atoms with E-state index in [1.165, 1.54) is 18.6 Å². The van der Waals surface area contributed by atoms with Crippen LogP contribution >= 0.6 is 0 Å². The summed E-state index contributed by atoms with van der Waals surface area (Å²) in [6.07, 6.45) is 3.65. The molecule has 23 heavy (non-hydrogen) atoms. The number of Topliss-reactive ketones (excluding diaryl/α,β-unsaturated/α-hetero) is 1. The van der Waals surface area contributed by atoms with E-state index in [4.69, 9.17) is 0 Å². The summed E-state index contributed by atoms with van der Waals surface area (Å²) in [7, 11) is 0. The summed E-state index contributed by atoms with van der Waals surface area (Å²) in [5.74, 6) is -0.435. The van der Waals surface area contributed by atoms with Crippen molar-refractivity contribution in [3.05, 3.63) is 59.7 Å². The number of anilines is 1. The molecule has 0 N–H and O–H groups in total. The first-order valence-electron chi connectivity index (χ1n) is 7.80. The van der Waals surface area contributed by atoms with Gasteiger partial charge in [-0.1, -0.05) is 6.07 Å². The maximum atomic E-state index is 14.2. The van der Waals surface area contributed by atoms with Crippen molar-refractivity contribution in [3.8, 4) is 0 Å². The monoisotopic (exact) mass is 313 g/mol. The SMILES string of the molecule is CC(=O)c1ccc(N2CCN(Cc3cccnc3)CC2)c(F)c1. The van der Waals surface area contributed by atoms with Crippen LogP contribution in [-0.2, 0) is 6.54 Å². The molecule has 1 aliphatic rings. The number of halogens is 1. The van der Waals surface area contributed by atoms with Crippen molar-refractivity contribution in [2.75, 3.05) is 31.1 Å². The smallest absolute Gasteiger partial charge is 0.159 e. The lowest BCUT2D eigenvalue weighted by Crippen LogP contribution is -2.46. The molecule has 0 bridgehead atoms. The molecule has 2 heterocycles. The van der Waals surface area contributed by atoms with Gasteiger partial charge in [0.1, 0.15) is 5.82 Å². The number of nitrogens with zero attached hydrogens (tertiary/aromatic N) is 3. The number of hydrogen-bond acceptors (Lipinski definition) is 4. The van der Waals surface area contributed by atoms with Crippen molar-refractivity contribution in [3.63, 3.8) is 0 Å². The average molecular weight is 313 g/mol. The number of piperazine rings is 1. The van der Waals surface area contributed by atoms with E-state index in [0.29, 0.717) is 11.3 Å². The number of rotatable bonds is 4. The van der Waals surface area contributed by atoms with Crippen molar-refractivity contribution in [1.82, 2.24) is 9.88 Å². The van der Waals surface area contributed by atoms with Crippen LogP contribution in [0, 0.1) is 5.82 Å². The normalized spacial score (nSPS) is 15.7. The Morgan fingerprint density at radius 3 is 2.61 bits per heavy atom. The van der Waals surface area contributed by atoms with Crippen molar-refractivity contribution < 1.29 is 9.18 Å². The molecule has 0 atom stereocenters. The topological polar surface area (TPSA) is 36.4 Å². The fraction of sp³-hybridized carbons (Fsp3) is 0.333. The van der Waals surface area contributed by atoms with Gasteiger partial charge in [-0.15, -0.1) is 0 Å². The average Bonchev–Trinajstić information content (AvgIpc) is 2.56. The molecule has 1 aromatic carbocycles. The molecule has 1 saturated heterocycles. The molecule has 3 rings (SSSR count). The fourth-order valence-electron chi connectivity index (χ4n) is 2.88. The third-order valence-electron chi connectivity index (χ3n) is 4.20. The first-order valence-corrected chi connectivity index (χ1v) is 7.80. The van der Waals surface area contributed by atoms with Gasteiger partial charge in [-0.2, -0.15) is 0 Å². The van der Waals surface area contributed by atoms with Crippen LogP contribution in [0.1, 0.15) is 22.8 Å². The van der Waals surface area contributed by atoms with E-state index in [-0.39, 0.29) is 11.6 Å². The quantitative estimate of drug-likeness (QED) is 0.813. The van der Waals surface area contributed by atoms with E-state index in [9.17, 15) is 9.18 Å². The highest BCUT2D eigenvalue weighted by Gasteiger charge is 2.20. The number of ketones is 1. The van der Waals surface area contributed by atoms with Crippen LogP contribution in [0.4, 0.5) is 10.1 Å². The minimum absolute atomic E-state index is 0.114. The highest BCUT2D eigenvalue weighted by atomic mass is 19.1. The Kier molecular flexibility index (Phi) is 4.67. The third kappa shape index (κ3) is 3.74. The van der Waals surface area contributed by atoms with Crippen molar-refractivity contribution in [2.45, 2.75) is 13.5 Å². The Morgan fingerprint density at radius 1 is 1.22 bits per heavy atom. The summed E-state index contributed by atoms with van der Waals surface area (Å²) in [4.78, 5) is 19.8. The van der Waals surface area contributed by atoms with Gasteiger partial charge >= 0.3 is 0 Å². The van der Waals surface area contributed by atoms with E-state index in [0.717, 1.165) is 32.7 Å². The van der Waals surface area contributed by atoms with Crippen LogP contribution in [0.15, 0.2) is 42.7 Å². The number of hydrogen-bond donors (Lipinski definition) is 0. The maximum Gasteiger partial charge on any atom is 0.159 e. The molecule has 120 valence electrons. The zero-order valence-electron chi connectivity index (χ0n) is 13.2. The molecule has 1 aliphatic heterocycles. The molecule has 0 aliphatic carbocycles. The van der Waals surface area contributed by atoms with Gasteiger partial charge in [-0.3, -0.25) is 14.7 Å². The van der Waals surface area contributed by atoms with Crippen LogP contribution in [0.2, 0.25) is 0 Å². The van der Waals surface area contributed by atoms with Crippen molar-refractivity contribution in [1.29, 1.82) is 0 Å². The van der Waals surface area contributed by atoms with Gasteiger partial charge in [0.25, 0.3) is 0 Å². The number of aromatic nitrogens is 1. The van der Waals surface area contributed by atoms with Crippen LogP contribution in [0.5, 0.6) is 0 Å². The van der Waals surface area contributed by atoms with Gasteiger partial charge in [0.15, 0.2) is 5.78 Å². The maximum absolute atomic E-state index is 14.2. The van der Waals surface area contributed by atoms with E-state index in [1.807, 2.05) is 17.2 Å². The highest BCUT2D eigenvalue weighted by Crippen LogP contribution is 2.22. The minimum Gasteiger partial charge on any atom is -0.367 e. The summed E-state index contributed by atoms with van der Waals surface area (Å²) in [6.45, 7) is 5.62. The Bertz CT molecular complexity index is 682. The second-order valence-electron chi connectivity index (χ2n) is 5.85. The summed E-state index contributed by atoms with van der Waals surface area (Å²) in [5.41, 5.74) is 2.19. The molecule has 0 radical (unpaired) electrons. The molecular weight excluding hydrogens is 293 g/mol. The molecule has 1 aromatic heterocycles. The van der Waals surface area contributed by atoms with Gasteiger partial charge in [0.05, 0.1) is 5.69 Å². The number of carbonyl (C=O) groups is 1. The zero-order chi connectivity index (χ0) is 16.2. The molecule has 1 fully saturated rings. The van der Waals surface area contributed by atoms with Gasteiger partial charge < -0.3 is 4.90 Å². The van der Waals surface area contributed by atoms with E-state index in [1.54, 1.807) is 18.3 Å². The summed E-state index contributed by atoms with van der Waals surface area (Å²) < 4.78 is 14.2. The predicted octanol–water partition coefficient (Wildman–Crippen LogP) is 2.75. The lowest BCUT2D eigenvalue weighted by atomic mass is 10.1. The highest BCUT2D eigenvalue weighted by molar-refractivity contribution is 5.94. The second kappa shape index (κ2) is 6.87. The number of carbonyl (C=O) groups excluding carboxylic acids is 1. The van der Waals surface area contributed by atoms with Crippen LogP contribution < -0.4 is 4.90 Å². The van der Waals surface area contributed by atoms with Gasteiger partial charge in [-0.05, 0) is 36.8 Å². The molecule has 2 aromatic rings. The zero-order valence-corrected chi connectivity index (χ0v) is 13.2. The lowest BCUT2D eigenvalue weighted by Gasteiger charge is -2.36. The second-order valence-corrected chi connectivity index (χ2v) is 5.85. The molecular formula is C18H20FN3O. The Labute approximate surface area is 135 Å². The molecule has 0 spiro atoms. The van der Waals surface area contributed by atoms with E-state index in [2.05, 4.69) is 16.0 Å². The fourth-order valence-corrected chi connectivity index (χ4v) is 2.88.